The van der Waals surface area contributed by atoms with Gasteiger partial charge in [-0.2, -0.15) is 4.72 Å². The molecule has 9 N–H and O–H groups in total. The second-order valence-corrected chi connectivity index (χ2v) is 9.29. The highest BCUT2D eigenvalue weighted by Gasteiger charge is 2.41. The number of carbonyl (C=O) groups excluding carboxylic acids is 2. The van der Waals surface area contributed by atoms with Gasteiger partial charge in [-0.15, -0.1) is 23.7 Å². The lowest BCUT2D eigenvalue weighted by Crippen LogP contribution is -2.62. The highest BCUT2D eigenvalue weighted by molar-refractivity contribution is 7.89. The van der Waals surface area contributed by atoms with Crippen LogP contribution in [0.1, 0.15) is 25.8 Å². The fourth-order valence-corrected chi connectivity index (χ4v) is 4.58. The van der Waals surface area contributed by atoms with Crippen LogP contribution in [0.15, 0.2) is 52.4 Å². The maximum atomic E-state index is 12.6. The first-order chi connectivity index (χ1) is 14.9. The Hall–Kier alpha value is -3.04. The number of sulfonamides is 1. The zero-order valence-corrected chi connectivity index (χ0v) is 19.5. The number of amides is 1. The number of thiophene rings is 1. The van der Waals surface area contributed by atoms with Crippen LogP contribution in [-0.4, -0.2) is 55.9 Å². The zero-order chi connectivity index (χ0) is 23.9. The van der Waals surface area contributed by atoms with E-state index in [0.717, 1.165) is 11.3 Å². The number of hydrogen-bond donors (Lipinski definition) is 6. The van der Waals surface area contributed by atoms with Gasteiger partial charge >= 0.3 is 5.97 Å². The number of halogens is 1. The summed E-state index contributed by atoms with van der Waals surface area (Å²) in [7, 11) is -4.32. The number of aliphatic carboxylic acids is 1. The van der Waals surface area contributed by atoms with Crippen molar-refractivity contribution in [1.82, 2.24) is 10.0 Å². The smallest absolute Gasteiger partial charge is 0.340 e. The number of guanidine groups is 1. The fraction of sp³-hybridized carbons (Fsp3) is 0.222. The number of nitrogens with two attached hydrogens (primary N) is 3. The highest BCUT2D eigenvalue weighted by atomic mass is 35.5. The number of rotatable bonds is 11. The van der Waals surface area contributed by atoms with E-state index in [2.05, 4.69) is 10.3 Å². The van der Waals surface area contributed by atoms with Gasteiger partial charge in [0.15, 0.2) is 17.4 Å². The molecule has 0 saturated carbocycles. The van der Waals surface area contributed by atoms with Crippen LogP contribution in [0.5, 0.6) is 0 Å². The minimum atomic E-state index is -4.32. The van der Waals surface area contributed by atoms with E-state index in [0.29, 0.717) is 0 Å². The molecule has 0 saturated heterocycles. The van der Waals surface area contributed by atoms with Crippen LogP contribution < -0.4 is 27.2 Å². The SMILES string of the molecule is Cl.NC(N)=NCCNC(=O)c1ccc(C(=O)CC(N)(NS(=O)(=O)c2ccccc2)C(=O)O)s1. The number of ketones is 1. The summed E-state index contributed by atoms with van der Waals surface area (Å²) >= 11 is 0.808. The number of carbonyl (C=O) groups is 3. The first-order valence-electron chi connectivity index (χ1n) is 9.02. The van der Waals surface area contributed by atoms with Crippen molar-refractivity contribution in [3.8, 4) is 0 Å². The Bertz CT molecular complexity index is 1130. The number of nitrogens with one attached hydrogen (secondary N) is 2. The number of Topliss-reactive ketones (excluding diaryl/α,β-unsaturated/α-hetero) is 1. The van der Waals surface area contributed by atoms with Gasteiger partial charge in [0.1, 0.15) is 0 Å². The van der Waals surface area contributed by atoms with Crippen molar-refractivity contribution in [3.05, 3.63) is 52.2 Å². The quantitative estimate of drug-likeness (QED) is 0.0738. The Balaban J connectivity index is 0.00000544. The van der Waals surface area contributed by atoms with E-state index in [-0.39, 0.29) is 46.1 Å². The van der Waals surface area contributed by atoms with Crippen LogP contribution in [-0.2, 0) is 14.8 Å². The minimum absolute atomic E-state index is 0. The molecule has 1 aromatic carbocycles. The molecule has 12 nitrogen and oxygen atoms in total. The fourth-order valence-electron chi connectivity index (χ4n) is 2.45. The molecule has 1 aromatic heterocycles. The second-order valence-electron chi connectivity index (χ2n) is 6.52. The molecular weight excluding hydrogens is 496 g/mol. The average molecular weight is 519 g/mol. The van der Waals surface area contributed by atoms with Crippen LogP contribution in [0.3, 0.4) is 0 Å². The van der Waals surface area contributed by atoms with Gasteiger partial charge in [0.05, 0.1) is 27.6 Å². The van der Waals surface area contributed by atoms with Crippen molar-refractivity contribution in [2.24, 2.45) is 22.2 Å². The molecule has 1 amide bonds. The van der Waals surface area contributed by atoms with E-state index in [1.807, 2.05) is 4.72 Å². The van der Waals surface area contributed by atoms with Gasteiger partial charge in [-0.05, 0) is 24.3 Å². The van der Waals surface area contributed by atoms with Gasteiger partial charge < -0.3 is 27.6 Å². The van der Waals surface area contributed by atoms with E-state index in [1.165, 1.54) is 36.4 Å². The Morgan fingerprint density at radius 2 is 1.67 bits per heavy atom. The van der Waals surface area contributed by atoms with Crippen LogP contribution in [0, 0.1) is 0 Å². The number of nitrogens with zero attached hydrogens (tertiary/aromatic N) is 1. The highest BCUT2D eigenvalue weighted by Crippen LogP contribution is 2.21. The number of carboxylic acids is 1. The molecule has 180 valence electrons. The summed E-state index contributed by atoms with van der Waals surface area (Å²) in [5, 5.41) is 12.1. The molecule has 2 rings (SSSR count). The normalized spacial score (nSPS) is 12.6. The van der Waals surface area contributed by atoms with Crippen molar-refractivity contribution < 1.29 is 27.9 Å². The first kappa shape index (κ1) is 28.0. The molecule has 0 aliphatic rings. The first-order valence-corrected chi connectivity index (χ1v) is 11.3. The number of hydrogen-bond acceptors (Lipinski definition) is 8. The van der Waals surface area contributed by atoms with Gasteiger partial charge in [-0.25, -0.2) is 13.2 Å². The summed E-state index contributed by atoms with van der Waals surface area (Å²) in [6.45, 7) is 0.325. The van der Waals surface area contributed by atoms with Crippen LogP contribution in [0.2, 0.25) is 0 Å². The van der Waals surface area contributed by atoms with E-state index >= 15 is 0 Å². The van der Waals surface area contributed by atoms with Gasteiger partial charge in [0.25, 0.3) is 5.91 Å². The second kappa shape index (κ2) is 11.7. The average Bonchev–Trinajstić information content (AvgIpc) is 3.21. The third-order valence-electron chi connectivity index (χ3n) is 3.99. The third-order valence-corrected chi connectivity index (χ3v) is 6.64. The lowest BCUT2D eigenvalue weighted by Gasteiger charge is -2.25. The largest absolute Gasteiger partial charge is 0.479 e. The van der Waals surface area contributed by atoms with Crippen molar-refractivity contribution in [2.45, 2.75) is 17.0 Å². The molecule has 0 spiro atoms. The molecular formula is C18H23ClN6O6S2. The van der Waals surface area contributed by atoms with Crippen molar-refractivity contribution in [1.29, 1.82) is 0 Å². The molecule has 0 bridgehead atoms. The Labute approximate surface area is 199 Å². The van der Waals surface area contributed by atoms with Crippen molar-refractivity contribution in [3.63, 3.8) is 0 Å². The number of benzene rings is 1. The van der Waals surface area contributed by atoms with E-state index in [9.17, 15) is 27.9 Å². The molecule has 1 atom stereocenters. The van der Waals surface area contributed by atoms with E-state index in [1.54, 1.807) is 6.07 Å². The van der Waals surface area contributed by atoms with Crippen LogP contribution in [0.25, 0.3) is 0 Å². The molecule has 33 heavy (non-hydrogen) atoms. The van der Waals surface area contributed by atoms with Crippen molar-refractivity contribution in [2.75, 3.05) is 13.1 Å². The molecule has 0 radical (unpaired) electrons. The molecule has 1 unspecified atom stereocenters. The van der Waals surface area contributed by atoms with E-state index < -0.39 is 39.8 Å². The third kappa shape index (κ3) is 7.80. The van der Waals surface area contributed by atoms with Crippen molar-refractivity contribution >= 4 is 57.4 Å². The molecule has 0 aliphatic heterocycles. The Kier molecular flexibility index (Phi) is 9.94. The standard InChI is InChI=1S/C18H22N6O6S2.ClH/c19-17(20)23-9-8-22-15(26)14-7-6-13(31-14)12(25)10-18(21,16(27)28)24-32(29,30)11-4-2-1-3-5-11;/h1-7,24H,8-10,21H2,(H,22,26)(H,27,28)(H4,19,20,23);1H. The molecule has 0 fully saturated rings. The molecule has 1 heterocycles. The predicted molar refractivity (Wildman–Crippen MR) is 125 cm³/mol. The summed E-state index contributed by atoms with van der Waals surface area (Å²) in [5.41, 5.74) is 13.5. The Morgan fingerprint density at radius 1 is 1.06 bits per heavy atom. The summed E-state index contributed by atoms with van der Waals surface area (Å²) in [6, 6.07) is 9.70. The minimum Gasteiger partial charge on any atom is -0.479 e. The summed E-state index contributed by atoms with van der Waals surface area (Å²) < 4.78 is 26.9. The van der Waals surface area contributed by atoms with E-state index in [4.69, 9.17) is 17.2 Å². The maximum Gasteiger partial charge on any atom is 0.340 e. The van der Waals surface area contributed by atoms with Gasteiger partial charge in [0, 0.05) is 6.54 Å². The zero-order valence-electron chi connectivity index (χ0n) is 17.1. The maximum absolute atomic E-state index is 12.6. The summed E-state index contributed by atoms with van der Waals surface area (Å²) in [5.74, 6) is -3.09. The predicted octanol–water partition coefficient (Wildman–Crippen LogP) is -0.536. The van der Waals surface area contributed by atoms with Gasteiger partial charge in [-0.3, -0.25) is 14.6 Å². The molecule has 15 heteroatoms. The molecule has 0 aliphatic carbocycles. The lowest BCUT2D eigenvalue weighted by atomic mass is 10.0. The Morgan fingerprint density at radius 3 is 2.24 bits per heavy atom. The monoisotopic (exact) mass is 518 g/mol. The number of aliphatic imine (C=N–C) groups is 1. The lowest BCUT2D eigenvalue weighted by molar-refractivity contribution is -0.143. The van der Waals surface area contributed by atoms with Gasteiger partial charge in [-0.1, -0.05) is 18.2 Å². The molecule has 2 aromatic rings. The van der Waals surface area contributed by atoms with Gasteiger partial charge in [0.2, 0.25) is 10.0 Å². The number of carboxylic acid groups (broad SMARTS) is 1. The van der Waals surface area contributed by atoms with Crippen LogP contribution >= 0.6 is 23.7 Å². The summed E-state index contributed by atoms with van der Waals surface area (Å²) in [4.78, 5) is 40.2. The van der Waals surface area contributed by atoms with Crippen LogP contribution in [0.4, 0.5) is 0 Å². The summed E-state index contributed by atoms with van der Waals surface area (Å²) in [6.07, 6.45) is -0.875. The topological polar surface area (TPSA) is 220 Å².